The van der Waals surface area contributed by atoms with Crippen LogP contribution in [0.3, 0.4) is 0 Å². The van der Waals surface area contributed by atoms with Crippen molar-refractivity contribution in [3.05, 3.63) is 29.3 Å². The fraction of sp³-hybridized carbons (Fsp3) is 0.667. The van der Waals surface area contributed by atoms with E-state index in [0.717, 1.165) is 18.7 Å². The van der Waals surface area contributed by atoms with Gasteiger partial charge in [-0.15, -0.1) is 0 Å². The van der Waals surface area contributed by atoms with Crippen LogP contribution in [0.5, 0.6) is 5.75 Å². The Morgan fingerprint density at radius 1 is 1.38 bits per heavy atom. The summed E-state index contributed by atoms with van der Waals surface area (Å²) >= 11 is 0. The molecule has 3 heterocycles. The molecule has 4 rings (SSSR count). The predicted octanol–water partition coefficient (Wildman–Crippen LogP) is 2.89. The molecule has 21 heavy (non-hydrogen) atoms. The van der Waals surface area contributed by atoms with Crippen molar-refractivity contribution in [2.24, 2.45) is 5.92 Å². The van der Waals surface area contributed by atoms with Crippen LogP contribution in [0.1, 0.15) is 43.4 Å². The van der Waals surface area contributed by atoms with Gasteiger partial charge >= 0.3 is 0 Å². The number of nitrogens with zero attached hydrogens (tertiary/aromatic N) is 1. The van der Waals surface area contributed by atoms with Crippen molar-refractivity contribution in [3.63, 3.8) is 0 Å². The quantitative estimate of drug-likeness (QED) is 0.905. The number of benzene rings is 1. The molecule has 2 bridgehead atoms. The van der Waals surface area contributed by atoms with Crippen molar-refractivity contribution in [1.29, 1.82) is 0 Å². The highest BCUT2D eigenvalue weighted by atomic mass is 16.5. The number of hydrogen-bond donors (Lipinski definition) is 1. The molecule has 4 unspecified atom stereocenters. The lowest BCUT2D eigenvalue weighted by Crippen LogP contribution is -2.54. The highest BCUT2D eigenvalue weighted by molar-refractivity contribution is 5.42. The van der Waals surface area contributed by atoms with Crippen LogP contribution < -0.4 is 10.1 Å². The van der Waals surface area contributed by atoms with Gasteiger partial charge in [0.25, 0.3) is 0 Å². The zero-order valence-electron chi connectivity index (χ0n) is 13.2. The first-order valence-electron chi connectivity index (χ1n) is 8.45. The molecule has 3 nitrogen and oxygen atoms in total. The number of rotatable bonds is 2. The number of nitrogens with one attached hydrogen (secondary N) is 1. The van der Waals surface area contributed by atoms with Crippen LogP contribution >= 0.6 is 0 Å². The molecule has 1 spiro atoms. The number of piperidine rings is 1. The van der Waals surface area contributed by atoms with Crippen LogP contribution in [0.15, 0.2) is 18.2 Å². The molecular formula is C18H26N2O. The lowest BCUT2D eigenvalue weighted by atomic mass is 9.74. The van der Waals surface area contributed by atoms with Crippen LogP contribution in [0.2, 0.25) is 0 Å². The third-order valence-electron chi connectivity index (χ3n) is 5.72. The number of aryl methyl sites for hydroxylation is 1. The molecule has 3 aliphatic heterocycles. The lowest BCUT2D eigenvalue weighted by Gasteiger charge is -2.48. The molecule has 0 aromatic heterocycles. The van der Waals surface area contributed by atoms with Gasteiger partial charge < -0.3 is 15.0 Å². The van der Waals surface area contributed by atoms with Crippen LogP contribution in [0.25, 0.3) is 0 Å². The standard InChI is InChI=1S/C18H26N2O/c1-3-19-16-11-18(7-9-20-8-6-14(18)12-20)21-17-5-4-13(2)10-15(16)17/h4-5,10,14,16,19H,3,6-9,11-12H2,1-2H3. The summed E-state index contributed by atoms with van der Waals surface area (Å²) in [5.41, 5.74) is 2.76. The van der Waals surface area contributed by atoms with Crippen LogP contribution in [-0.4, -0.2) is 36.7 Å². The lowest BCUT2D eigenvalue weighted by molar-refractivity contribution is -0.0473. The second-order valence-electron chi connectivity index (χ2n) is 7.06. The van der Waals surface area contributed by atoms with Crippen molar-refractivity contribution in [1.82, 2.24) is 10.2 Å². The van der Waals surface area contributed by atoms with Gasteiger partial charge in [0.05, 0.1) is 0 Å². The first kappa shape index (κ1) is 13.6. The third-order valence-corrected chi connectivity index (χ3v) is 5.72. The maximum Gasteiger partial charge on any atom is 0.124 e. The summed E-state index contributed by atoms with van der Waals surface area (Å²) in [7, 11) is 0. The molecule has 1 N–H and O–H groups in total. The Kier molecular flexibility index (Phi) is 3.23. The van der Waals surface area contributed by atoms with Crippen LogP contribution in [0.4, 0.5) is 0 Å². The molecule has 2 saturated heterocycles. The van der Waals surface area contributed by atoms with Crippen molar-refractivity contribution in [3.8, 4) is 5.75 Å². The van der Waals surface area contributed by atoms with Crippen molar-refractivity contribution in [2.45, 2.75) is 44.8 Å². The minimum absolute atomic E-state index is 0.0715. The van der Waals surface area contributed by atoms with Gasteiger partial charge in [-0.1, -0.05) is 24.6 Å². The SMILES string of the molecule is CCNC1CC2(CCN3CCC2C3)Oc2ccc(C)cc21. The van der Waals surface area contributed by atoms with E-state index in [1.165, 1.54) is 43.6 Å². The second kappa shape index (κ2) is 4.99. The summed E-state index contributed by atoms with van der Waals surface area (Å²) in [5.74, 6) is 1.83. The van der Waals surface area contributed by atoms with E-state index in [1.54, 1.807) is 0 Å². The molecule has 3 heteroatoms. The Morgan fingerprint density at radius 2 is 2.29 bits per heavy atom. The Morgan fingerprint density at radius 3 is 3.14 bits per heavy atom. The molecule has 0 amide bonds. The summed E-state index contributed by atoms with van der Waals surface area (Å²) in [4.78, 5) is 2.60. The van der Waals surface area contributed by atoms with Crippen LogP contribution in [-0.2, 0) is 0 Å². The summed E-state index contributed by atoms with van der Waals surface area (Å²) in [6, 6.07) is 7.13. The van der Waals surface area contributed by atoms with Gasteiger partial charge in [0.2, 0.25) is 0 Å². The van der Waals surface area contributed by atoms with E-state index < -0.39 is 0 Å². The van der Waals surface area contributed by atoms with Gasteiger partial charge in [0.1, 0.15) is 11.4 Å². The van der Waals surface area contributed by atoms with E-state index in [4.69, 9.17) is 4.74 Å². The van der Waals surface area contributed by atoms with E-state index in [2.05, 4.69) is 42.3 Å². The van der Waals surface area contributed by atoms with Crippen molar-refractivity contribution in [2.75, 3.05) is 26.2 Å². The van der Waals surface area contributed by atoms with E-state index in [0.29, 0.717) is 12.0 Å². The van der Waals surface area contributed by atoms with Gasteiger partial charge in [0.15, 0.2) is 0 Å². The fourth-order valence-electron chi connectivity index (χ4n) is 4.60. The van der Waals surface area contributed by atoms with Gasteiger partial charge in [0, 0.05) is 43.5 Å². The average Bonchev–Trinajstić information content (AvgIpc) is 2.90. The van der Waals surface area contributed by atoms with E-state index in [9.17, 15) is 0 Å². The zero-order valence-corrected chi connectivity index (χ0v) is 13.2. The Bertz CT molecular complexity index is 544. The summed E-state index contributed by atoms with van der Waals surface area (Å²) in [6.45, 7) is 9.10. The smallest absolute Gasteiger partial charge is 0.124 e. The molecule has 0 saturated carbocycles. The summed E-state index contributed by atoms with van der Waals surface area (Å²) in [6.07, 6.45) is 3.63. The van der Waals surface area contributed by atoms with Gasteiger partial charge in [-0.3, -0.25) is 0 Å². The molecule has 1 aromatic carbocycles. The van der Waals surface area contributed by atoms with Crippen molar-refractivity contribution >= 4 is 0 Å². The van der Waals surface area contributed by atoms with E-state index in [-0.39, 0.29) is 5.60 Å². The topological polar surface area (TPSA) is 24.5 Å². The molecule has 2 fully saturated rings. The van der Waals surface area contributed by atoms with Gasteiger partial charge in [-0.05, 0) is 32.5 Å². The number of hydrogen-bond acceptors (Lipinski definition) is 3. The Labute approximate surface area is 127 Å². The minimum atomic E-state index is 0.0715. The Balaban J connectivity index is 1.71. The third kappa shape index (κ3) is 2.18. The Hall–Kier alpha value is -1.06. The maximum absolute atomic E-state index is 6.66. The summed E-state index contributed by atoms with van der Waals surface area (Å²) in [5, 5.41) is 3.70. The van der Waals surface area contributed by atoms with Gasteiger partial charge in [-0.25, -0.2) is 0 Å². The van der Waals surface area contributed by atoms with Crippen LogP contribution in [0, 0.1) is 12.8 Å². The number of ether oxygens (including phenoxy) is 1. The molecule has 4 atom stereocenters. The molecule has 1 aromatic rings. The first-order valence-corrected chi connectivity index (χ1v) is 8.45. The van der Waals surface area contributed by atoms with E-state index >= 15 is 0 Å². The largest absolute Gasteiger partial charge is 0.486 e. The summed E-state index contributed by atoms with van der Waals surface area (Å²) < 4.78 is 6.66. The molecule has 0 radical (unpaired) electrons. The first-order chi connectivity index (χ1) is 10.2. The highest BCUT2D eigenvalue weighted by Gasteiger charge is 2.51. The maximum atomic E-state index is 6.66. The monoisotopic (exact) mass is 286 g/mol. The normalized spacial score (nSPS) is 37.3. The minimum Gasteiger partial charge on any atom is -0.486 e. The molecule has 114 valence electrons. The molecular weight excluding hydrogens is 260 g/mol. The number of fused-ring (bicyclic) bond motifs is 4. The molecule has 0 aliphatic carbocycles. The average molecular weight is 286 g/mol. The highest BCUT2D eigenvalue weighted by Crippen LogP contribution is 2.49. The molecule has 3 aliphatic rings. The predicted molar refractivity (Wildman–Crippen MR) is 84.7 cm³/mol. The zero-order chi connectivity index (χ0) is 14.4. The van der Waals surface area contributed by atoms with E-state index in [1.807, 2.05) is 0 Å². The van der Waals surface area contributed by atoms with Gasteiger partial charge in [-0.2, -0.15) is 0 Å². The fourth-order valence-corrected chi connectivity index (χ4v) is 4.60. The van der Waals surface area contributed by atoms with Crippen molar-refractivity contribution < 1.29 is 4.74 Å². The second-order valence-corrected chi connectivity index (χ2v) is 7.06.